The second kappa shape index (κ2) is 6.43. The van der Waals surface area contributed by atoms with Crippen molar-refractivity contribution in [1.29, 1.82) is 0 Å². The molecule has 0 saturated carbocycles. The fourth-order valence-electron chi connectivity index (χ4n) is 1.37. The summed E-state index contributed by atoms with van der Waals surface area (Å²) < 4.78 is 0. The van der Waals surface area contributed by atoms with Crippen LogP contribution in [-0.4, -0.2) is 27.2 Å². The molecule has 3 heteroatoms. The van der Waals surface area contributed by atoms with E-state index in [2.05, 4.69) is 48.6 Å². The van der Waals surface area contributed by atoms with E-state index in [-0.39, 0.29) is 0 Å². The van der Waals surface area contributed by atoms with Crippen LogP contribution in [0.15, 0.2) is 24.3 Å². The lowest BCUT2D eigenvalue weighted by Crippen LogP contribution is -2.17. The van der Waals surface area contributed by atoms with Gasteiger partial charge in [-0.3, -0.25) is 0 Å². The second-order valence-electron chi connectivity index (χ2n) is 3.88. The van der Waals surface area contributed by atoms with Crippen LogP contribution in [0.2, 0.25) is 0 Å². The highest BCUT2D eigenvalue weighted by atomic mass is 15.1. The van der Waals surface area contributed by atoms with Crippen LogP contribution in [0.5, 0.6) is 0 Å². The maximum atomic E-state index is 5.42. The minimum Gasteiger partial charge on any atom is -0.378 e. The van der Waals surface area contributed by atoms with Gasteiger partial charge in [0.1, 0.15) is 0 Å². The van der Waals surface area contributed by atoms with E-state index in [9.17, 15) is 0 Å². The van der Waals surface area contributed by atoms with Crippen molar-refractivity contribution in [2.45, 2.75) is 13.0 Å². The van der Waals surface area contributed by atoms with Crippen LogP contribution in [0, 0.1) is 0 Å². The van der Waals surface area contributed by atoms with Crippen LogP contribution >= 0.6 is 0 Å². The van der Waals surface area contributed by atoms with E-state index in [4.69, 9.17) is 5.73 Å². The van der Waals surface area contributed by atoms with Gasteiger partial charge in [-0.05, 0) is 37.2 Å². The zero-order chi connectivity index (χ0) is 11.1. The number of anilines is 1. The molecule has 0 bridgehead atoms. The Morgan fingerprint density at radius 1 is 1.20 bits per heavy atom. The molecule has 0 heterocycles. The SMILES string of the molecule is CN(C)c1ccc(CNCCCN)cc1. The number of nitrogens with two attached hydrogens (primary N) is 1. The van der Waals surface area contributed by atoms with Gasteiger partial charge in [0.05, 0.1) is 0 Å². The van der Waals surface area contributed by atoms with Gasteiger partial charge in [-0.15, -0.1) is 0 Å². The maximum absolute atomic E-state index is 5.42. The zero-order valence-electron chi connectivity index (χ0n) is 9.66. The molecule has 84 valence electrons. The van der Waals surface area contributed by atoms with Gasteiger partial charge in [0.2, 0.25) is 0 Å². The molecule has 0 unspecified atom stereocenters. The summed E-state index contributed by atoms with van der Waals surface area (Å²) in [6, 6.07) is 8.59. The Morgan fingerprint density at radius 2 is 1.87 bits per heavy atom. The van der Waals surface area contributed by atoms with E-state index in [0.717, 1.165) is 26.1 Å². The average Bonchev–Trinajstić information content (AvgIpc) is 2.25. The monoisotopic (exact) mass is 207 g/mol. The molecule has 0 aliphatic carbocycles. The minimum atomic E-state index is 0.757. The lowest BCUT2D eigenvalue weighted by molar-refractivity contribution is 0.655. The molecule has 3 nitrogen and oxygen atoms in total. The Hall–Kier alpha value is -1.06. The molecular formula is C12H21N3. The molecule has 0 fully saturated rings. The summed E-state index contributed by atoms with van der Waals surface area (Å²) in [5, 5.41) is 3.36. The Balaban J connectivity index is 2.36. The van der Waals surface area contributed by atoms with Crippen molar-refractivity contribution in [1.82, 2.24) is 5.32 Å². The molecule has 0 aromatic heterocycles. The Labute approximate surface area is 92.3 Å². The fraction of sp³-hybridized carbons (Fsp3) is 0.500. The Kier molecular flexibility index (Phi) is 5.15. The first-order chi connectivity index (χ1) is 7.24. The van der Waals surface area contributed by atoms with Crippen LogP contribution in [0.1, 0.15) is 12.0 Å². The summed E-state index contributed by atoms with van der Waals surface area (Å²) in [6.07, 6.45) is 1.04. The van der Waals surface area contributed by atoms with Crippen molar-refractivity contribution in [3.63, 3.8) is 0 Å². The van der Waals surface area contributed by atoms with Crippen molar-refractivity contribution >= 4 is 5.69 Å². The van der Waals surface area contributed by atoms with E-state index in [0.29, 0.717) is 0 Å². The summed E-state index contributed by atoms with van der Waals surface area (Å²) in [5.74, 6) is 0. The first-order valence-corrected chi connectivity index (χ1v) is 5.41. The zero-order valence-corrected chi connectivity index (χ0v) is 9.66. The summed E-state index contributed by atoms with van der Waals surface area (Å²) in [5.41, 5.74) is 7.97. The average molecular weight is 207 g/mol. The van der Waals surface area contributed by atoms with E-state index in [1.54, 1.807) is 0 Å². The van der Waals surface area contributed by atoms with Crippen molar-refractivity contribution in [3.8, 4) is 0 Å². The maximum Gasteiger partial charge on any atom is 0.0361 e. The lowest BCUT2D eigenvalue weighted by atomic mass is 10.2. The Morgan fingerprint density at radius 3 is 2.40 bits per heavy atom. The molecule has 1 aromatic rings. The van der Waals surface area contributed by atoms with Crippen molar-refractivity contribution < 1.29 is 0 Å². The highest BCUT2D eigenvalue weighted by molar-refractivity contribution is 5.45. The molecule has 15 heavy (non-hydrogen) atoms. The third kappa shape index (κ3) is 4.32. The molecule has 3 N–H and O–H groups in total. The summed E-state index contributed by atoms with van der Waals surface area (Å²) in [6.45, 7) is 2.67. The first kappa shape index (κ1) is 12.0. The van der Waals surface area contributed by atoms with Gasteiger partial charge in [-0.25, -0.2) is 0 Å². The third-order valence-electron chi connectivity index (χ3n) is 2.34. The van der Waals surface area contributed by atoms with E-state index >= 15 is 0 Å². The van der Waals surface area contributed by atoms with Crippen LogP contribution in [-0.2, 0) is 6.54 Å². The standard InChI is InChI=1S/C12H21N3/c1-15(2)12-6-4-11(5-7-12)10-14-9-3-8-13/h4-7,14H,3,8-10,13H2,1-2H3. The molecular weight excluding hydrogens is 186 g/mol. The summed E-state index contributed by atoms with van der Waals surface area (Å²) in [7, 11) is 4.10. The number of hydrogen-bond donors (Lipinski definition) is 2. The highest BCUT2D eigenvalue weighted by Gasteiger charge is 1.95. The van der Waals surface area contributed by atoms with Gasteiger partial charge >= 0.3 is 0 Å². The van der Waals surface area contributed by atoms with Gasteiger partial charge in [0, 0.05) is 26.3 Å². The molecule has 0 atom stereocenters. The van der Waals surface area contributed by atoms with E-state index < -0.39 is 0 Å². The van der Waals surface area contributed by atoms with Crippen LogP contribution in [0.25, 0.3) is 0 Å². The molecule has 0 saturated heterocycles. The van der Waals surface area contributed by atoms with Crippen LogP contribution in [0.4, 0.5) is 5.69 Å². The van der Waals surface area contributed by atoms with Crippen LogP contribution in [0.3, 0.4) is 0 Å². The predicted octanol–water partition coefficient (Wildman–Crippen LogP) is 1.19. The topological polar surface area (TPSA) is 41.3 Å². The van der Waals surface area contributed by atoms with Crippen molar-refractivity contribution in [2.75, 3.05) is 32.1 Å². The Bertz CT molecular complexity index is 267. The number of benzene rings is 1. The van der Waals surface area contributed by atoms with E-state index in [1.807, 2.05) is 0 Å². The van der Waals surface area contributed by atoms with Crippen molar-refractivity contribution in [3.05, 3.63) is 29.8 Å². The molecule has 0 radical (unpaired) electrons. The van der Waals surface area contributed by atoms with Gasteiger partial charge in [0.15, 0.2) is 0 Å². The molecule has 0 aliphatic heterocycles. The quantitative estimate of drug-likeness (QED) is 0.689. The normalized spacial score (nSPS) is 10.3. The van der Waals surface area contributed by atoms with Gasteiger partial charge in [-0.1, -0.05) is 12.1 Å². The van der Waals surface area contributed by atoms with Gasteiger partial charge in [-0.2, -0.15) is 0 Å². The third-order valence-corrected chi connectivity index (χ3v) is 2.34. The van der Waals surface area contributed by atoms with E-state index in [1.165, 1.54) is 11.3 Å². The summed E-state index contributed by atoms with van der Waals surface area (Å²) in [4.78, 5) is 2.10. The molecule has 0 spiro atoms. The van der Waals surface area contributed by atoms with Crippen molar-refractivity contribution in [2.24, 2.45) is 5.73 Å². The predicted molar refractivity (Wildman–Crippen MR) is 66.1 cm³/mol. The second-order valence-corrected chi connectivity index (χ2v) is 3.88. The smallest absolute Gasteiger partial charge is 0.0361 e. The lowest BCUT2D eigenvalue weighted by Gasteiger charge is -2.12. The number of nitrogens with one attached hydrogen (secondary N) is 1. The van der Waals surface area contributed by atoms with Crippen LogP contribution < -0.4 is 16.0 Å². The molecule has 1 rings (SSSR count). The number of rotatable bonds is 6. The highest BCUT2D eigenvalue weighted by Crippen LogP contribution is 2.11. The van der Waals surface area contributed by atoms with Gasteiger partial charge in [0.25, 0.3) is 0 Å². The molecule has 0 amide bonds. The minimum absolute atomic E-state index is 0.757. The fourth-order valence-corrected chi connectivity index (χ4v) is 1.37. The number of hydrogen-bond acceptors (Lipinski definition) is 3. The summed E-state index contributed by atoms with van der Waals surface area (Å²) >= 11 is 0. The first-order valence-electron chi connectivity index (χ1n) is 5.41. The number of nitrogens with zero attached hydrogens (tertiary/aromatic N) is 1. The largest absolute Gasteiger partial charge is 0.378 e. The molecule has 0 aliphatic rings. The molecule has 1 aromatic carbocycles. The van der Waals surface area contributed by atoms with Gasteiger partial charge < -0.3 is 16.0 Å².